The summed E-state index contributed by atoms with van der Waals surface area (Å²) in [6.45, 7) is 2.07. The van der Waals surface area contributed by atoms with Crippen LogP contribution in [0.15, 0.2) is 18.2 Å². The Morgan fingerprint density at radius 1 is 1.50 bits per heavy atom. The molecule has 1 aromatic rings. The zero-order chi connectivity index (χ0) is 10.6. The number of ether oxygens (including phenoxy) is 2. The van der Waals surface area contributed by atoms with Gasteiger partial charge in [-0.05, 0) is 25.1 Å². The summed E-state index contributed by atoms with van der Waals surface area (Å²) in [6.07, 6.45) is 0. The highest BCUT2D eigenvalue weighted by Gasteiger charge is 2.11. The summed E-state index contributed by atoms with van der Waals surface area (Å²) in [7, 11) is 1.53. The van der Waals surface area contributed by atoms with E-state index in [0.717, 1.165) is 0 Å². The van der Waals surface area contributed by atoms with E-state index in [9.17, 15) is 4.79 Å². The van der Waals surface area contributed by atoms with E-state index in [1.165, 1.54) is 7.11 Å². The zero-order valence-corrected chi connectivity index (χ0v) is 8.80. The van der Waals surface area contributed by atoms with Gasteiger partial charge in [-0.1, -0.05) is 11.6 Å². The molecule has 4 heteroatoms. The number of carbonyl (C=O) groups is 1. The van der Waals surface area contributed by atoms with E-state index in [4.69, 9.17) is 21.1 Å². The first-order valence-electron chi connectivity index (χ1n) is 4.19. The van der Waals surface area contributed by atoms with Crippen molar-refractivity contribution in [2.45, 2.75) is 6.92 Å². The molecule has 1 rings (SSSR count). The monoisotopic (exact) mass is 214 g/mol. The van der Waals surface area contributed by atoms with E-state index in [1.54, 1.807) is 25.1 Å². The van der Waals surface area contributed by atoms with Crippen LogP contribution in [0, 0.1) is 0 Å². The maximum atomic E-state index is 11.4. The normalized spacial score (nSPS) is 9.64. The lowest BCUT2D eigenvalue weighted by Crippen LogP contribution is -2.05. The molecule has 0 bridgehead atoms. The Morgan fingerprint density at radius 3 is 2.79 bits per heavy atom. The van der Waals surface area contributed by atoms with Gasteiger partial charge in [-0.25, -0.2) is 4.79 Å². The first-order valence-corrected chi connectivity index (χ1v) is 4.57. The van der Waals surface area contributed by atoms with E-state index in [0.29, 0.717) is 22.9 Å². The lowest BCUT2D eigenvalue weighted by molar-refractivity contribution is 0.0526. The first kappa shape index (κ1) is 10.9. The molecule has 0 aromatic heterocycles. The van der Waals surface area contributed by atoms with Crippen LogP contribution in [0.3, 0.4) is 0 Å². The van der Waals surface area contributed by atoms with Crippen molar-refractivity contribution in [3.8, 4) is 5.75 Å². The van der Waals surface area contributed by atoms with Crippen LogP contribution in [-0.2, 0) is 4.74 Å². The van der Waals surface area contributed by atoms with Crippen molar-refractivity contribution in [2.24, 2.45) is 0 Å². The van der Waals surface area contributed by atoms with Gasteiger partial charge in [0.2, 0.25) is 0 Å². The molecule has 0 amide bonds. The van der Waals surface area contributed by atoms with Crippen LogP contribution in [0.5, 0.6) is 5.75 Å². The van der Waals surface area contributed by atoms with Crippen molar-refractivity contribution in [3.05, 3.63) is 28.8 Å². The Kier molecular flexibility index (Phi) is 3.77. The summed E-state index contributed by atoms with van der Waals surface area (Å²) >= 11 is 5.83. The number of hydrogen-bond acceptors (Lipinski definition) is 3. The van der Waals surface area contributed by atoms with Crippen molar-refractivity contribution in [1.29, 1.82) is 0 Å². The highest BCUT2D eigenvalue weighted by atomic mass is 35.5. The van der Waals surface area contributed by atoms with Gasteiger partial charge in [0.1, 0.15) is 5.75 Å². The summed E-state index contributed by atoms with van der Waals surface area (Å²) in [5.41, 5.74) is 0.327. The maximum Gasteiger partial charge on any atom is 0.339 e. The molecule has 0 heterocycles. The molecule has 76 valence electrons. The summed E-state index contributed by atoms with van der Waals surface area (Å²) < 4.78 is 9.80. The van der Waals surface area contributed by atoms with Gasteiger partial charge < -0.3 is 9.47 Å². The second kappa shape index (κ2) is 4.86. The standard InChI is InChI=1S/C10H11ClO3/c1-3-14-10(12)8-6-7(13-2)4-5-9(8)11/h4-6H,3H2,1-2H3. The van der Waals surface area contributed by atoms with Gasteiger partial charge in [0.05, 0.1) is 24.3 Å². The van der Waals surface area contributed by atoms with E-state index < -0.39 is 5.97 Å². The molecule has 14 heavy (non-hydrogen) atoms. The van der Waals surface area contributed by atoms with Crippen LogP contribution in [0.2, 0.25) is 5.02 Å². The second-order valence-corrected chi connectivity index (χ2v) is 2.97. The van der Waals surface area contributed by atoms with Crippen LogP contribution in [0.1, 0.15) is 17.3 Å². The van der Waals surface area contributed by atoms with Crippen molar-refractivity contribution >= 4 is 17.6 Å². The molecule has 0 aliphatic heterocycles. The Hall–Kier alpha value is -1.22. The average Bonchev–Trinajstić information content (AvgIpc) is 2.19. The third-order valence-corrected chi connectivity index (χ3v) is 2.00. The van der Waals surface area contributed by atoms with Gasteiger partial charge in [-0.3, -0.25) is 0 Å². The van der Waals surface area contributed by atoms with Gasteiger partial charge in [0.15, 0.2) is 0 Å². The predicted octanol–water partition coefficient (Wildman–Crippen LogP) is 2.53. The third-order valence-electron chi connectivity index (χ3n) is 1.67. The fourth-order valence-electron chi connectivity index (χ4n) is 0.997. The Morgan fingerprint density at radius 2 is 2.21 bits per heavy atom. The van der Waals surface area contributed by atoms with Crippen molar-refractivity contribution < 1.29 is 14.3 Å². The molecule has 1 aromatic carbocycles. The van der Waals surface area contributed by atoms with Gasteiger partial charge in [-0.2, -0.15) is 0 Å². The molecule has 0 aliphatic carbocycles. The number of carbonyl (C=O) groups excluding carboxylic acids is 1. The van der Waals surface area contributed by atoms with E-state index >= 15 is 0 Å². The van der Waals surface area contributed by atoms with E-state index in [1.807, 2.05) is 0 Å². The molecule has 0 unspecified atom stereocenters. The van der Waals surface area contributed by atoms with Gasteiger partial charge in [0.25, 0.3) is 0 Å². The smallest absolute Gasteiger partial charge is 0.339 e. The third kappa shape index (κ3) is 2.39. The molecule has 0 fully saturated rings. The Bertz CT molecular complexity index is 336. The second-order valence-electron chi connectivity index (χ2n) is 2.57. The van der Waals surface area contributed by atoms with E-state index in [-0.39, 0.29) is 0 Å². The minimum Gasteiger partial charge on any atom is -0.497 e. The predicted molar refractivity (Wildman–Crippen MR) is 54.0 cm³/mol. The largest absolute Gasteiger partial charge is 0.497 e. The summed E-state index contributed by atoms with van der Waals surface area (Å²) in [4.78, 5) is 11.4. The lowest BCUT2D eigenvalue weighted by Gasteiger charge is -2.05. The molecule has 0 radical (unpaired) electrons. The molecule has 0 N–H and O–H groups in total. The molecule has 3 nitrogen and oxygen atoms in total. The summed E-state index contributed by atoms with van der Waals surface area (Å²) in [6, 6.07) is 4.85. The maximum absolute atomic E-state index is 11.4. The molecule has 0 spiro atoms. The number of benzene rings is 1. The zero-order valence-electron chi connectivity index (χ0n) is 8.04. The van der Waals surface area contributed by atoms with Crippen molar-refractivity contribution in [1.82, 2.24) is 0 Å². The van der Waals surface area contributed by atoms with Crippen LogP contribution in [-0.4, -0.2) is 19.7 Å². The average molecular weight is 215 g/mol. The van der Waals surface area contributed by atoms with E-state index in [2.05, 4.69) is 0 Å². The topological polar surface area (TPSA) is 35.5 Å². The summed E-state index contributed by atoms with van der Waals surface area (Å²) in [5, 5.41) is 0.365. The molecular weight excluding hydrogens is 204 g/mol. The molecular formula is C10H11ClO3. The van der Waals surface area contributed by atoms with Crippen LogP contribution < -0.4 is 4.74 Å². The number of rotatable bonds is 3. The Labute approximate surface area is 87.6 Å². The van der Waals surface area contributed by atoms with Gasteiger partial charge in [0, 0.05) is 0 Å². The Balaban J connectivity index is 2.99. The van der Waals surface area contributed by atoms with Crippen molar-refractivity contribution in [3.63, 3.8) is 0 Å². The van der Waals surface area contributed by atoms with Crippen LogP contribution in [0.25, 0.3) is 0 Å². The van der Waals surface area contributed by atoms with Gasteiger partial charge in [-0.15, -0.1) is 0 Å². The highest BCUT2D eigenvalue weighted by molar-refractivity contribution is 6.33. The summed E-state index contributed by atoms with van der Waals surface area (Å²) in [5.74, 6) is 0.147. The number of hydrogen-bond donors (Lipinski definition) is 0. The first-order chi connectivity index (χ1) is 6.69. The molecule has 0 aliphatic rings. The van der Waals surface area contributed by atoms with Crippen LogP contribution >= 0.6 is 11.6 Å². The lowest BCUT2D eigenvalue weighted by atomic mass is 10.2. The minimum atomic E-state index is -0.434. The number of halogens is 1. The van der Waals surface area contributed by atoms with Crippen LogP contribution in [0.4, 0.5) is 0 Å². The molecule has 0 saturated carbocycles. The minimum absolute atomic E-state index is 0.326. The molecule has 0 atom stereocenters. The highest BCUT2D eigenvalue weighted by Crippen LogP contribution is 2.22. The fourth-order valence-corrected chi connectivity index (χ4v) is 1.19. The quantitative estimate of drug-likeness (QED) is 0.726. The van der Waals surface area contributed by atoms with Crippen molar-refractivity contribution in [2.75, 3.05) is 13.7 Å². The van der Waals surface area contributed by atoms with Gasteiger partial charge >= 0.3 is 5.97 Å². The SMILES string of the molecule is CCOC(=O)c1cc(OC)ccc1Cl. The number of esters is 1. The fraction of sp³-hybridized carbons (Fsp3) is 0.300. The number of methoxy groups -OCH3 is 1. The molecule has 0 saturated heterocycles.